The molecule has 0 radical (unpaired) electrons. The zero-order chi connectivity index (χ0) is 18.0. The fourth-order valence-electron chi connectivity index (χ4n) is 3.39. The Labute approximate surface area is 147 Å². The normalized spacial score (nSPS) is 21.2. The molecule has 0 aromatic heterocycles. The van der Waals surface area contributed by atoms with Crippen LogP contribution in [0.3, 0.4) is 0 Å². The van der Waals surface area contributed by atoms with E-state index in [4.69, 9.17) is 0 Å². The number of nitrogens with zero attached hydrogens (tertiary/aromatic N) is 3. The average Bonchev–Trinajstić information content (AvgIpc) is 2.60. The summed E-state index contributed by atoms with van der Waals surface area (Å²) in [5, 5.41) is 2.84. The first-order chi connectivity index (χ1) is 11.9. The van der Waals surface area contributed by atoms with Crippen molar-refractivity contribution >= 4 is 17.5 Å². The van der Waals surface area contributed by atoms with Gasteiger partial charge in [-0.1, -0.05) is 12.1 Å². The lowest BCUT2D eigenvalue weighted by Crippen LogP contribution is -2.64. The third kappa shape index (κ3) is 3.61. The van der Waals surface area contributed by atoms with E-state index in [0.29, 0.717) is 45.0 Å². The Hall–Kier alpha value is -2.15. The van der Waals surface area contributed by atoms with Gasteiger partial charge in [0.15, 0.2) is 0 Å². The molecule has 1 aromatic carbocycles. The second-order valence-corrected chi connectivity index (χ2v) is 7.06. The van der Waals surface area contributed by atoms with Gasteiger partial charge in [0, 0.05) is 39.3 Å². The Balaban J connectivity index is 1.57. The largest absolute Gasteiger partial charge is 0.366 e. The van der Waals surface area contributed by atoms with Gasteiger partial charge in [0.25, 0.3) is 0 Å². The molecule has 2 aliphatic heterocycles. The summed E-state index contributed by atoms with van der Waals surface area (Å²) in [5.41, 5.74) is -0.0912. The molecule has 1 aromatic rings. The Bertz CT molecular complexity index is 656. The van der Waals surface area contributed by atoms with Gasteiger partial charge in [0.1, 0.15) is 5.82 Å². The van der Waals surface area contributed by atoms with Gasteiger partial charge in [-0.2, -0.15) is 0 Å². The number of anilines is 1. The van der Waals surface area contributed by atoms with Gasteiger partial charge in [0.2, 0.25) is 11.8 Å². The summed E-state index contributed by atoms with van der Waals surface area (Å²) in [6.45, 7) is 7.49. The van der Waals surface area contributed by atoms with Crippen molar-refractivity contribution in [1.82, 2.24) is 15.1 Å². The van der Waals surface area contributed by atoms with Crippen LogP contribution in [-0.4, -0.2) is 73.0 Å². The van der Waals surface area contributed by atoms with Crippen molar-refractivity contribution in [2.24, 2.45) is 0 Å². The van der Waals surface area contributed by atoms with E-state index < -0.39 is 5.54 Å². The Morgan fingerprint density at radius 3 is 2.52 bits per heavy atom. The van der Waals surface area contributed by atoms with Crippen LogP contribution in [0.1, 0.15) is 13.8 Å². The summed E-state index contributed by atoms with van der Waals surface area (Å²) < 4.78 is 13.9. The standard InChI is InChI=1S/C18H25FN4O2/c1-18(2)17(25)20-7-8-23(18)13-16(24)22-11-9-21(10-12-22)15-6-4-3-5-14(15)19/h3-6H,7-13H2,1-2H3,(H,20,25). The van der Waals surface area contributed by atoms with Gasteiger partial charge in [-0.3, -0.25) is 14.5 Å². The van der Waals surface area contributed by atoms with Crippen molar-refractivity contribution in [3.8, 4) is 0 Å². The number of para-hydroxylation sites is 1. The van der Waals surface area contributed by atoms with Crippen LogP contribution in [-0.2, 0) is 9.59 Å². The topological polar surface area (TPSA) is 55.9 Å². The molecule has 0 saturated carbocycles. The summed E-state index contributed by atoms with van der Waals surface area (Å²) >= 11 is 0. The van der Waals surface area contributed by atoms with Crippen molar-refractivity contribution in [3.63, 3.8) is 0 Å². The number of carbonyl (C=O) groups excluding carboxylic acids is 2. The first-order valence-corrected chi connectivity index (χ1v) is 8.70. The molecule has 2 saturated heterocycles. The highest BCUT2D eigenvalue weighted by molar-refractivity contribution is 5.87. The highest BCUT2D eigenvalue weighted by atomic mass is 19.1. The fourth-order valence-corrected chi connectivity index (χ4v) is 3.39. The number of rotatable bonds is 3. The molecule has 2 amide bonds. The molecule has 7 heteroatoms. The molecule has 0 atom stereocenters. The van der Waals surface area contributed by atoms with Crippen LogP contribution < -0.4 is 10.2 Å². The smallest absolute Gasteiger partial charge is 0.240 e. The van der Waals surface area contributed by atoms with Crippen molar-refractivity contribution in [2.75, 3.05) is 50.7 Å². The Morgan fingerprint density at radius 2 is 1.84 bits per heavy atom. The predicted octanol–water partition coefficient (Wildman–Crippen LogP) is 0.685. The maximum atomic E-state index is 13.9. The van der Waals surface area contributed by atoms with E-state index in [1.807, 2.05) is 29.7 Å². The maximum Gasteiger partial charge on any atom is 0.240 e. The van der Waals surface area contributed by atoms with Crippen molar-refractivity contribution in [3.05, 3.63) is 30.1 Å². The van der Waals surface area contributed by atoms with E-state index in [2.05, 4.69) is 5.32 Å². The quantitative estimate of drug-likeness (QED) is 0.873. The number of benzene rings is 1. The van der Waals surface area contributed by atoms with Crippen LogP contribution >= 0.6 is 0 Å². The van der Waals surface area contributed by atoms with Gasteiger partial charge in [0.05, 0.1) is 17.8 Å². The lowest BCUT2D eigenvalue weighted by molar-refractivity contribution is -0.141. The summed E-state index contributed by atoms with van der Waals surface area (Å²) in [7, 11) is 0. The number of carbonyl (C=O) groups is 2. The highest BCUT2D eigenvalue weighted by Gasteiger charge is 2.39. The van der Waals surface area contributed by atoms with E-state index in [0.717, 1.165) is 0 Å². The summed E-state index contributed by atoms with van der Waals surface area (Å²) in [6, 6.07) is 6.71. The predicted molar refractivity (Wildman–Crippen MR) is 93.9 cm³/mol. The van der Waals surface area contributed by atoms with Gasteiger partial charge in [-0.05, 0) is 26.0 Å². The van der Waals surface area contributed by atoms with Crippen LogP contribution in [0, 0.1) is 5.82 Å². The van der Waals surface area contributed by atoms with Gasteiger partial charge in [-0.25, -0.2) is 4.39 Å². The van der Waals surface area contributed by atoms with Crippen LogP contribution in [0.15, 0.2) is 24.3 Å². The zero-order valence-electron chi connectivity index (χ0n) is 14.8. The number of amides is 2. The number of piperazine rings is 2. The molecule has 6 nitrogen and oxygen atoms in total. The number of nitrogens with one attached hydrogen (secondary N) is 1. The van der Waals surface area contributed by atoms with E-state index in [-0.39, 0.29) is 24.2 Å². The summed E-state index contributed by atoms with van der Waals surface area (Å²) in [5.74, 6) is -0.254. The average molecular weight is 348 g/mol. The second-order valence-electron chi connectivity index (χ2n) is 7.06. The van der Waals surface area contributed by atoms with Gasteiger partial charge < -0.3 is 15.1 Å². The first kappa shape index (κ1) is 17.7. The minimum absolute atomic E-state index is 0.0240. The molecule has 2 heterocycles. The molecular weight excluding hydrogens is 323 g/mol. The zero-order valence-corrected chi connectivity index (χ0v) is 14.8. The Morgan fingerprint density at radius 1 is 1.16 bits per heavy atom. The highest BCUT2D eigenvalue weighted by Crippen LogP contribution is 2.21. The molecule has 3 rings (SSSR count). The molecule has 0 bridgehead atoms. The number of halogens is 1. The lowest BCUT2D eigenvalue weighted by atomic mass is 9.99. The van der Waals surface area contributed by atoms with Crippen LogP contribution in [0.25, 0.3) is 0 Å². The molecule has 0 unspecified atom stereocenters. The van der Waals surface area contributed by atoms with E-state index >= 15 is 0 Å². The summed E-state index contributed by atoms with van der Waals surface area (Å²) in [4.78, 5) is 30.3. The molecule has 1 N–H and O–H groups in total. The third-order valence-electron chi connectivity index (χ3n) is 5.17. The summed E-state index contributed by atoms with van der Waals surface area (Å²) in [6.07, 6.45) is 0. The van der Waals surface area contributed by atoms with Crippen molar-refractivity contribution < 1.29 is 14.0 Å². The fraction of sp³-hybridized carbons (Fsp3) is 0.556. The van der Waals surface area contributed by atoms with Crippen LogP contribution in [0.4, 0.5) is 10.1 Å². The third-order valence-corrected chi connectivity index (χ3v) is 5.17. The van der Waals surface area contributed by atoms with E-state index in [1.165, 1.54) is 6.07 Å². The maximum absolute atomic E-state index is 13.9. The van der Waals surface area contributed by atoms with Crippen LogP contribution in [0.2, 0.25) is 0 Å². The SMILES string of the molecule is CC1(C)C(=O)NCCN1CC(=O)N1CCN(c2ccccc2F)CC1. The lowest BCUT2D eigenvalue weighted by Gasteiger charge is -2.42. The first-order valence-electron chi connectivity index (χ1n) is 8.70. The molecule has 136 valence electrons. The van der Waals surface area contributed by atoms with E-state index in [1.54, 1.807) is 17.0 Å². The van der Waals surface area contributed by atoms with Crippen LogP contribution in [0.5, 0.6) is 0 Å². The van der Waals surface area contributed by atoms with Crippen molar-refractivity contribution in [2.45, 2.75) is 19.4 Å². The molecule has 2 fully saturated rings. The van der Waals surface area contributed by atoms with Gasteiger partial charge in [-0.15, -0.1) is 0 Å². The number of hydrogen-bond donors (Lipinski definition) is 1. The van der Waals surface area contributed by atoms with Crippen molar-refractivity contribution in [1.29, 1.82) is 0 Å². The molecular formula is C18H25FN4O2. The monoisotopic (exact) mass is 348 g/mol. The molecule has 0 spiro atoms. The minimum Gasteiger partial charge on any atom is -0.366 e. The second kappa shape index (κ2) is 7.00. The van der Waals surface area contributed by atoms with E-state index in [9.17, 15) is 14.0 Å². The minimum atomic E-state index is -0.678. The Kier molecular flexibility index (Phi) is 4.94. The molecule has 25 heavy (non-hydrogen) atoms. The number of hydrogen-bond acceptors (Lipinski definition) is 4. The molecule has 0 aliphatic carbocycles. The molecule has 2 aliphatic rings. The van der Waals surface area contributed by atoms with Gasteiger partial charge >= 0.3 is 0 Å².